The maximum atomic E-state index is 11.8. The molecule has 0 aromatic carbocycles. The molecule has 1 aliphatic rings. The number of aliphatic hydroxyl groups excluding tert-OH is 1. The number of β-amino-alcohol motifs (C(OH)–C–C–N with tert-alkyl or cyclic N) is 1. The molecule has 7 heteroatoms. The number of aliphatic hydroxyl groups is 1. The number of aromatic nitrogens is 2. The minimum absolute atomic E-state index is 0.180. The number of nitrogens with zero attached hydrogens (tertiary/aromatic N) is 2. The Balaban J connectivity index is 2.50. The summed E-state index contributed by atoms with van der Waals surface area (Å²) < 4.78 is 1.36. The summed E-state index contributed by atoms with van der Waals surface area (Å²) in [5.41, 5.74) is 5.24. The first kappa shape index (κ1) is 12.7. The molecular formula is C11H18N4O3. The third-order valence-electron chi connectivity index (χ3n) is 3.14. The number of nitrogens with two attached hydrogens (primary N) is 1. The van der Waals surface area contributed by atoms with Crippen molar-refractivity contribution in [1.82, 2.24) is 9.55 Å². The van der Waals surface area contributed by atoms with E-state index in [0.29, 0.717) is 31.7 Å². The van der Waals surface area contributed by atoms with Crippen molar-refractivity contribution in [1.29, 1.82) is 0 Å². The number of hydrogen-bond donors (Lipinski definition) is 3. The van der Waals surface area contributed by atoms with Gasteiger partial charge in [-0.05, 0) is 12.8 Å². The Morgan fingerprint density at radius 3 is 2.78 bits per heavy atom. The van der Waals surface area contributed by atoms with Gasteiger partial charge in [-0.25, -0.2) is 4.79 Å². The normalized spacial score (nSPS) is 19.4. The van der Waals surface area contributed by atoms with Gasteiger partial charge in [0, 0.05) is 19.6 Å². The molecule has 1 fully saturated rings. The van der Waals surface area contributed by atoms with Crippen LogP contribution in [0.3, 0.4) is 0 Å². The Bertz CT molecular complexity index is 548. The summed E-state index contributed by atoms with van der Waals surface area (Å²) >= 11 is 0. The summed E-state index contributed by atoms with van der Waals surface area (Å²) in [4.78, 5) is 27.5. The van der Waals surface area contributed by atoms with E-state index in [-0.39, 0.29) is 5.82 Å². The molecule has 0 unspecified atom stereocenters. The van der Waals surface area contributed by atoms with Crippen molar-refractivity contribution < 1.29 is 5.11 Å². The second-order valence-electron chi connectivity index (χ2n) is 4.53. The van der Waals surface area contributed by atoms with Crippen LogP contribution in [0.5, 0.6) is 0 Å². The van der Waals surface area contributed by atoms with Crippen LogP contribution >= 0.6 is 0 Å². The first-order chi connectivity index (χ1) is 8.54. The van der Waals surface area contributed by atoms with Crippen LogP contribution in [-0.4, -0.2) is 33.9 Å². The van der Waals surface area contributed by atoms with Crippen LogP contribution in [0.2, 0.25) is 0 Å². The third-order valence-corrected chi connectivity index (χ3v) is 3.14. The van der Waals surface area contributed by atoms with E-state index in [9.17, 15) is 14.7 Å². The molecule has 1 atom stereocenters. The van der Waals surface area contributed by atoms with Gasteiger partial charge in [0.1, 0.15) is 11.5 Å². The topological polar surface area (TPSA) is 104 Å². The van der Waals surface area contributed by atoms with E-state index in [0.717, 1.165) is 6.42 Å². The molecule has 0 aliphatic carbocycles. The average Bonchev–Trinajstić information content (AvgIpc) is 2.70. The molecule has 7 nitrogen and oxygen atoms in total. The monoisotopic (exact) mass is 254 g/mol. The molecule has 0 spiro atoms. The number of hydrogen-bond acceptors (Lipinski definition) is 5. The van der Waals surface area contributed by atoms with E-state index in [4.69, 9.17) is 5.73 Å². The maximum absolute atomic E-state index is 11.8. The Hall–Kier alpha value is -1.76. The van der Waals surface area contributed by atoms with Gasteiger partial charge < -0.3 is 15.7 Å². The molecule has 0 radical (unpaired) electrons. The molecule has 1 aromatic rings. The lowest BCUT2D eigenvalue weighted by atomic mass is 10.3. The van der Waals surface area contributed by atoms with Crippen LogP contribution in [0.15, 0.2) is 9.59 Å². The quantitative estimate of drug-likeness (QED) is 0.648. The lowest BCUT2D eigenvalue weighted by Crippen LogP contribution is -2.38. The van der Waals surface area contributed by atoms with Crippen molar-refractivity contribution in [3.8, 4) is 0 Å². The smallest absolute Gasteiger partial charge is 0.330 e. The lowest BCUT2D eigenvalue weighted by molar-refractivity contribution is 0.198. The number of anilines is 2. The minimum Gasteiger partial charge on any atom is -0.391 e. The summed E-state index contributed by atoms with van der Waals surface area (Å²) in [6, 6.07) is 0. The molecule has 2 rings (SSSR count). The molecule has 1 aromatic heterocycles. The molecule has 18 heavy (non-hydrogen) atoms. The van der Waals surface area contributed by atoms with Gasteiger partial charge in [-0.1, -0.05) is 6.92 Å². The summed E-state index contributed by atoms with van der Waals surface area (Å²) in [5.74, 6) is 0.180. The van der Waals surface area contributed by atoms with Gasteiger partial charge in [0.05, 0.1) is 6.10 Å². The van der Waals surface area contributed by atoms with Gasteiger partial charge in [-0.15, -0.1) is 0 Å². The molecule has 1 aliphatic heterocycles. The molecule has 4 N–H and O–H groups in total. The number of nitrogen functional groups attached to an aromatic ring is 1. The summed E-state index contributed by atoms with van der Waals surface area (Å²) in [6.45, 7) is 3.33. The zero-order valence-corrected chi connectivity index (χ0v) is 10.3. The Kier molecular flexibility index (Phi) is 3.42. The van der Waals surface area contributed by atoms with Crippen LogP contribution in [0, 0.1) is 0 Å². The molecule has 100 valence electrons. The van der Waals surface area contributed by atoms with E-state index in [1.807, 2.05) is 6.92 Å². The standard InChI is InChI=1S/C11H18N4O3/c1-2-4-15-9(12)8(10(17)13-11(15)18)14-5-3-7(16)6-14/h7,16H,2-6,12H2,1H3,(H,13,17,18)/t7-/m0/s1. The first-order valence-corrected chi connectivity index (χ1v) is 6.10. The zero-order chi connectivity index (χ0) is 13.3. The van der Waals surface area contributed by atoms with Crippen molar-refractivity contribution in [2.24, 2.45) is 0 Å². The van der Waals surface area contributed by atoms with Gasteiger partial charge in [0.15, 0.2) is 0 Å². The molecule has 2 heterocycles. The Labute approximate surface area is 104 Å². The average molecular weight is 254 g/mol. The largest absolute Gasteiger partial charge is 0.391 e. The fourth-order valence-electron chi connectivity index (χ4n) is 2.27. The number of rotatable bonds is 3. The molecule has 0 saturated carbocycles. The summed E-state index contributed by atoms with van der Waals surface area (Å²) in [7, 11) is 0. The molecule has 1 saturated heterocycles. The zero-order valence-electron chi connectivity index (χ0n) is 10.3. The second kappa shape index (κ2) is 4.85. The fourth-order valence-corrected chi connectivity index (χ4v) is 2.27. The van der Waals surface area contributed by atoms with Gasteiger partial charge in [-0.3, -0.25) is 14.3 Å². The molecule has 0 amide bonds. The predicted molar refractivity (Wildman–Crippen MR) is 68.9 cm³/mol. The molecular weight excluding hydrogens is 236 g/mol. The highest BCUT2D eigenvalue weighted by molar-refractivity contribution is 5.63. The maximum Gasteiger partial charge on any atom is 0.330 e. The number of nitrogens with one attached hydrogen (secondary N) is 1. The van der Waals surface area contributed by atoms with Gasteiger partial charge in [0.25, 0.3) is 5.56 Å². The predicted octanol–water partition coefficient (Wildman–Crippen LogP) is -0.900. The van der Waals surface area contributed by atoms with E-state index in [1.54, 1.807) is 4.90 Å². The SMILES string of the molecule is CCCn1c(N)c(N2CC[C@H](O)C2)c(=O)[nH]c1=O. The third kappa shape index (κ3) is 2.13. The van der Waals surface area contributed by atoms with Crippen LogP contribution < -0.4 is 21.9 Å². The molecule has 0 bridgehead atoms. The van der Waals surface area contributed by atoms with Gasteiger partial charge >= 0.3 is 5.69 Å². The van der Waals surface area contributed by atoms with E-state index < -0.39 is 17.4 Å². The highest BCUT2D eigenvalue weighted by Gasteiger charge is 2.25. The van der Waals surface area contributed by atoms with Crippen molar-refractivity contribution in [3.05, 3.63) is 20.8 Å². The van der Waals surface area contributed by atoms with Crippen LogP contribution in [0.25, 0.3) is 0 Å². The Morgan fingerprint density at radius 1 is 1.50 bits per heavy atom. The van der Waals surface area contributed by atoms with E-state index in [2.05, 4.69) is 4.98 Å². The highest BCUT2D eigenvalue weighted by Crippen LogP contribution is 2.21. The van der Waals surface area contributed by atoms with Crippen molar-refractivity contribution >= 4 is 11.5 Å². The lowest BCUT2D eigenvalue weighted by Gasteiger charge is -2.20. The van der Waals surface area contributed by atoms with Crippen LogP contribution in [0.4, 0.5) is 11.5 Å². The first-order valence-electron chi connectivity index (χ1n) is 6.10. The minimum atomic E-state index is -0.487. The van der Waals surface area contributed by atoms with Gasteiger partial charge in [0.2, 0.25) is 0 Å². The van der Waals surface area contributed by atoms with Gasteiger partial charge in [-0.2, -0.15) is 0 Å². The number of H-pyrrole nitrogens is 1. The second-order valence-corrected chi connectivity index (χ2v) is 4.53. The van der Waals surface area contributed by atoms with Crippen molar-refractivity contribution in [3.63, 3.8) is 0 Å². The Morgan fingerprint density at radius 2 is 2.22 bits per heavy atom. The van der Waals surface area contributed by atoms with Crippen molar-refractivity contribution in [2.75, 3.05) is 23.7 Å². The number of aromatic amines is 1. The fraction of sp³-hybridized carbons (Fsp3) is 0.636. The van der Waals surface area contributed by atoms with E-state index in [1.165, 1.54) is 4.57 Å². The van der Waals surface area contributed by atoms with Crippen LogP contribution in [0.1, 0.15) is 19.8 Å². The summed E-state index contributed by atoms with van der Waals surface area (Å²) in [5, 5.41) is 9.51. The van der Waals surface area contributed by atoms with E-state index >= 15 is 0 Å². The van der Waals surface area contributed by atoms with Crippen LogP contribution in [-0.2, 0) is 6.54 Å². The van der Waals surface area contributed by atoms with Crippen molar-refractivity contribution in [2.45, 2.75) is 32.4 Å². The highest BCUT2D eigenvalue weighted by atomic mass is 16.3. The summed E-state index contributed by atoms with van der Waals surface area (Å²) in [6.07, 6.45) is 0.902.